The first-order valence-corrected chi connectivity index (χ1v) is 12.6. The molecule has 0 spiro atoms. The van der Waals surface area contributed by atoms with Gasteiger partial charge in [0.05, 0.1) is 21.3 Å². The van der Waals surface area contributed by atoms with Crippen molar-refractivity contribution < 1.29 is 17.6 Å². The number of benzene rings is 2. The van der Waals surface area contributed by atoms with Crippen LogP contribution in [0.2, 0.25) is 0 Å². The van der Waals surface area contributed by atoms with Crippen molar-refractivity contribution in [3.05, 3.63) is 81.7 Å². The molecule has 0 aliphatic rings. The number of aryl methyl sites for hydroxylation is 2. The number of hydrogen-bond donors (Lipinski definition) is 1. The van der Waals surface area contributed by atoms with Gasteiger partial charge < -0.3 is 4.42 Å². The molecule has 7 nitrogen and oxygen atoms in total. The van der Waals surface area contributed by atoms with E-state index < -0.39 is 22.5 Å². The highest BCUT2D eigenvalue weighted by Gasteiger charge is 2.27. The summed E-state index contributed by atoms with van der Waals surface area (Å²) in [6.07, 6.45) is 1.35. The molecule has 0 saturated carbocycles. The molecule has 1 aromatic heterocycles. The average Bonchev–Trinajstić information content (AvgIpc) is 3.09. The number of rotatable bonds is 8. The molecule has 3 aromatic rings. The lowest BCUT2D eigenvalue weighted by Crippen LogP contribution is -2.39. The molecule has 2 aromatic carbocycles. The van der Waals surface area contributed by atoms with Crippen molar-refractivity contribution in [3.8, 4) is 0 Å². The normalized spacial score (nSPS) is 11.8. The van der Waals surface area contributed by atoms with Crippen LogP contribution < -0.4 is 9.73 Å². The summed E-state index contributed by atoms with van der Waals surface area (Å²) in [5.41, 5.74) is 4.77. The first-order valence-electron chi connectivity index (χ1n) is 10.3. The minimum absolute atomic E-state index is 0.105. The third-order valence-electron chi connectivity index (χ3n) is 5.00. The van der Waals surface area contributed by atoms with Crippen LogP contribution >= 0.6 is 15.9 Å². The molecule has 0 aliphatic carbocycles. The summed E-state index contributed by atoms with van der Waals surface area (Å²) in [5.74, 6) is 0.845. The maximum Gasteiger partial charge on any atom is 0.264 e. The van der Waals surface area contributed by atoms with Crippen LogP contribution in [-0.4, -0.2) is 27.1 Å². The molecule has 0 radical (unpaired) electrons. The van der Waals surface area contributed by atoms with E-state index in [1.807, 2.05) is 19.1 Å². The molecule has 9 heteroatoms. The number of nitrogens with one attached hydrogen (secondary N) is 1. The van der Waals surface area contributed by atoms with Crippen molar-refractivity contribution in [1.29, 1.82) is 0 Å². The second-order valence-corrected chi connectivity index (χ2v) is 10.6. The third-order valence-corrected chi connectivity index (χ3v) is 7.58. The second kappa shape index (κ2) is 10.4. The van der Waals surface area contributed by atoms with Gasteiger partial charge in [-0.05, 0) is 65.5 Å². The summed E-state index contributed by atoms with van der Waals surface area (Å²) in [4.78, 5) is 12.7. The zero-order chi connectivity index (χ0) is 24.2. The SMILES string of the molecule is Cc1ccc(S(=O)(=O)N(CC(=O)N/N=C\c2cc(Br)c(C)o2)c2ccc(C(C)C)cc2)cc1. The molecule has 1 N–H and O–H groups in total. The number of nitrogens with zero attached hydrogens (tertiary/aromatic N) is 2. The standard InChI is InChI=1S/C24H26BrN3O4S/c1-16(2)19-7-9-20(10-8-19)28(33(30,31)22-11-5-17(3)6-12-22)15-24(29)27-26-14-21-13-23(25)18(4)32-21/h5-14,16H,15H2,1-4H3,(H,27,29)/b26-14-. The van der Waals surface area contributed by atoms with Gasteiger partial charge in [-0.15, -0.1) is 0 Å². The van der Waals surface area contributed by atoms with Crippen molar-refractivity contribution in [3.63, 3.8) is 0 Å². The maximum absolute atomic E-state index is 13.4. The number of furan rings is 1. The highest BCUT2D eigenvalue weighted by atomic mass is 79.9. The molecule has 0 unspecified atom stereocenters. The first kappa shape index (κ1) is 24.7. The predicted octanol–water partition coefficient (Wildman–Crippen LogP) is 5.13. The minimum Gasteiger partial charge on any atom is -0.459 e. The highest BCUT2D eigenvalue weighted by molar-refractivity contribution is 9.10. The topological polar surface area (TPSA) is 92.0 Å². The summed E-state index contributed by atoms with van der Waals surface area (Å²) >= 11 is 3.34. The molecule has 174 valence electrons. The molecule has 0 aliphatic heterocycles. The Morgan fingerprint density at radius 2 is 1.76 bits per heavy atom. The number of hydrogen-bond acceptors (Lipinski definition) is 5. The Kier molecular flexibility index (Phi) is 7.76. The van der Waals surface area contributed by atoms with Crippen molar-refractivity contribution in [2.45, 2.75) is 38.5 Å². The van der Waals surface area contributed by atoms with Crippen LogP contribution in [0.5, 0.6) is 0 Å². The fraction of sp³-hybridized carbons (Fsp3) is 0.250. The number of sulfonamides is 1. The molecule has 0 bridgehead atoms. The van der Waals surface area contributed by atoms with E-state index in [0.717, 1.165) is 19.9 Å². The monoisotopic (exact) mass is 531 g/mol. The zero-order valence-electron chi connectivity index (χ0n) is 18.9. The van der Waals surface area contributed by atoms with E-state index in [0.29, 0.717) is 23.1 Å². The van der Waals surface area contributed by atoms with E-state index in [9.17, 15) is 13.2 Å². The molecule has 33 heavy (non-hydrogen) atoms. The van der Waals surface area contributed by atoms with Gasteiger partial charge in [0.25, 0.3) is 15.9 Å². The third kappa shape index (κ3) is 6.11. The zero-order valence-corrected chi connectivity index (χ0v) is 21.3. The van der Waals surface area contributed by atoms with Gasteiger partial charge in [-0.2, -0.15) is 5.10 Å². The van der Waals surface area contributed by atoms with Crippen molar-refractivity contribution in [2.24, 2.45) is 5.10 Å². The van der Waals surface area contributed by atoms with Crippen LogP contribution in [0.1, 0.15) is 42.4 Å². The Labute approximate surface area is 202 Å². The van der Waals surface area contributed by atoms with Gasteiger partial charge in [0.1, 0.15) is 18.1 Å². The number of anilines is 1. The molecule has 3 rings (SSSR count). The molecule has 0 saturated heterocycles. The quantitative estimate of drug-likeness (QED) is 0.322. The minimum atomic E-state index is -3.98. The lowest BCUT2D eigenvalue weighted by atomic mass is 10.0. The first-order chi connectivity index (χ1) is 15.6. The summed E-state index contributed by atoms with van der Waals surface area (Å²) in [5, 5.41) is 3.89. The highest BCUT2D eigenvalue weighted by Crippen LogP contribution is 2.26. The summed E-state index contributed by atoms with van der Waals surface area (Å²) < 4.78 is 34.2. The van der Waals surface area contributed by atoms with E-state index in [2.05, 4.69) is 40.3 Å². The van der Waals surface area contributed by atoms with E-state index >= 15 is 0 Å². The Balaban J connectivity index is 1.86. The van der Waals surface area contributed by atoms with Gasteiger partial charge in [0.15, 0.2) is 0 Å². The number of carbonyl (C=O) groups excluding carboxylic acids is 1. The van der Waals surface area contributed by atoms with Gasteiger partial charge in [0.2, 0.25) is 0 Å². The van der Waals surface area contributed by atoms with Gasteiger partial charge in [-0.25, -0.2) is 13.8 Å². The molecular weight excluding hydrogens is 506 g/mol. The van der Waals surface area contributed by atoms with Gasteiger partial charge in [-0.1, -0.05) is 43.7 Å². The number of halogens is 1. The Bertz CT molecular complexity index is 1230. The Morgan fingerprint density at radius 1 is 1.12 bits per heavy atom. The number of carbonyl (C=O) groups is 1. The van der Waals surface area contributed by atoms with E-state index in [-0.39, 0.29) is 4.90 Å². The maximum atomic E-state index is 13.4. The van der Waals surface area contributed by atoms with Crippen LogP contribution in [0.15, 0.2) is 73.5 Å². The molecule has 1 heterocycles. The average molecular weight is 532 g/mol. The van der Waals surface area contributed by atoms with Crippen LogP contribution in [0.4, 0.5) is 5.69 Å². The summed E-state index contributed by atoms with van der Waals surface area (Å²) in [6.45, 7) is 7.35. The lowest BCUT2D eigenvalue weighted by molar-refractivity contribution is -0.119. The predicted molar refractivity (Wildman–Crippen MR) is 133 cm³/mol. The number of amides is 1. The smallest absolute Gasteiger partial charge is 0.264 e. The molecule has 0 atom stereocenters. The van der Waals surface area contributed by atoms with Crippen molar-refractivity contribution in [1.82, 2.24) is 5.43 Å². The molecular formula is C24H26BrN3O4S. The molecule has 0 fully saturated rings. The van der Waals surface area contributed by atoms with Gasteiger partial charge in [0, 0.05) is 6.07 Å². The van der Waals surface area contributed by atoms with Crippen LogP contribution in [-0.2, 0) is 14.8 Å². The van der Waals surface area contributed by atoms with Crippen LogP contribution in [0.3, 0.4) is 0 Å². The number of hydrazone groups is 1. The van der Waals surface area contributed by atoms with Crippen LogP contribution in [0.25, 0.3) is 0 Å². The van der Waals surface area contributed by atoms with Crippen LogP contribution in [0, 0.1) is 13.8 Å². The van der Waals surface area contributed by atoms with Gasteiger partial charge >= 0.3 is 0 Å². The van der Waals surface area contributed by atoms with Crippen molar-refractivity contribution >= 4 is 43.8 Å². The van der Waals surface area contributed by atoms with E-state index in [1.165, 1.54) is 18.3 Å². The largest absolute Gasteiger partial charge is 0.459 e. The van der Waals surface area contributed by atoms with Crippen molar-refractivity contribution in [2.75, 3.05) is 10.8 Å². The summed E-state index contributed by atoms with van der Waals surface area (Å²) in [6, 6.07) is 15.4. The fourth-order valence-electron chi connectivity index (χ4n) is 3.06. The lowest BCUT2D eigenvalue weighted by Gasteiger charge is -2.24. The molecule has 1 amide bonds. The Morgan fingerprint density at radius 3 is 2.30 bits per heavy atom. The Hall–Kier alpha value is -2.91. The van der Waals surface area contributed by atoms with Gasteiger partial charge in [-0.3, -0.25) is 9.10 Å². The van der Waals surface area contributed by atoms with E-state index in [1.54, 1.807) is 37.3 Å². The fourth-order valence-corrected chi connectivity index (χ4v) is 4.78. The summed E-state index contributed by atoms with van der Waals surface area (Å²) in [7, 11) is -3.98. The second-order valence-electron chi connectivity index (χ2n) is 7.92. The van der Waals surface area contributed by atoms with E-state index in [4.69, 9.17) is 4.42 Å².